The van der Waals surface area contributed by atoms with Crippen LogP contribution < -0.4 is 11.1 Å². The van der Waals surface area contributed by atoms with Gasteiger partial charge in [-0.3, -0.25) is 10.1 Å². The molecule has 0 aromatic heterocycles. The Hall–Kier alpha value is -1.04. The molecular weight excluding hydrogens is 284 g/mol. The lowest BCUT2D eigenvalue weighted by Gasteiger charge is -2.34. The quantitative estimate of drug-likeness (QED) is 0.807. The van der Waals surface area contributed by atoms with Gasteiger partial charge in [-0.1, -0.05) is 37.3 Å². The minimum absolute atomic E-state index is 0.310. The summed E-state index contributed by atoms with van der Waals surface area (Å²) in [6.45, 7) is 4.33. The summed E-state index contributed by atoms with van der Waals surface area (Å²) in [5.41, 5.74) is 5.92. The average molecular weight is 308 g/mol. The summed E-state index contributed by atoms with van der Waals surface area (Å²) in [6.07, 6.45) is 2.08. The van der Waals surface area contributed by atoms with Crippen LogP contribution in [0.1, 0.15) is 25.3 Å². The van der Waals surface area contributed by atoms with E-state index in [1.165, 1.54) is 0 Å². The first-order valence-electron chi connectivity index (χ1n) is 7.49. The topological polar surface area (TPSA) is 64.3 Å². The normalized spacial score (nSPS) is 19.1. The molecule has 1 aliphatic heterocycles. The molecule has 5 heteroatoms. The van der Waals surface area contributed by atoms with Crippen molar-refractivity contribution in [1.29, 1.82) is 0 Å². The van der Waals surface area contributed by atoms with Gasteiger partial charge in [0.25, 0.3) is 0 Å². The lowest BCUT2D eigenvalue weighted by Crippen LogP contribution is -2.55. The first kappa shape index (κ1) is 16.3. The van der Waals surface area contributed by atoms with Crippen molar-refractivity contribution in [2.75, 3.05) is 25.5 Å². The molecule has 1 saturated heterocycles. The predicted octanol–water partition coefficient (Wildman–Crippen LogP) is 1.89. The van der Waals surface area contributed by atoms with Gasteiger partial charge in [0.15, 0.2) is 0 Å². The molecule has 1 aromatic carbocycles. The Bertz CT molecular complexity index is 449. The molecule has 1 fully saturated rings. The Balaban J connectivity index is 2.16. The number of nitrogens with one attached hydrogen (secondary N) is 1. The number of ether oxygens (including phenoxy) is 1. The Morgan fingerprint density at radius 2 is 2.05 bits per heavy atom. The predicted molar refractivity (Wildman–Crippen MR) is 87.3 cm³/mol. The number of hydrogen-bond donors (Lipinski definition) is 2. The second kappa shape index (κ2) is 7.82. The number of hydrogen-bond acceptors (Lipinski definition) is 4. The molecular formula is C16H24N2O2S. The summed E-state index contributed by atoms with van der Waals surface area (Å²) >= 11 is 1.82. The van der Waals surface area contributed by atoms with E-state index >= 15 is 0 Å². The van der Waals surface area contributed by atoms with Gasteiger partial charge in [-0.25, -0.2) is 0 Å². The second-order valence-corrected chi connectivity index (χ2v) is 6.58. The minimum Gasteiger partial charge on any atom is -0.381 e. The summed E-state index contributed by atoms with van der Waals surface area (Å²) in [4.78, 5) is 12.2. The molecule has 0 spiro atoms. The maximum absolute atomic E-state index is 12.2. The molecule has 1 heterocycles. The van der Waals surface area contributed by atoms with E-state index in [1.807, 2.05) is 49.0 Å². The lowest BCUT2D eigenvalue weighted by molar-refractivity contribution is -0.123. The van der Waals surface area contributed by atoms with E-state index in [2.05, 4.69) is 5.32 Å². The van der Waals surface area contributed by atoms with Crippen LogP contribution in [-0.4, -0.2) is 36.7 Å². The fourth-order valence-corrected chi connectivity index (χ4v) is 4.07. The molecule has 1 aliphatic rings. The number of rotatable bonds is 7. The van der Waals surface area contributed by atoms with Gasteiger partial charge in [0.2, 0.25) is 5.91 Å². The van der Waals surface area contributed by atoms with Gasteiger partial charge in [-0.05, 0) is 24.9 Å². The summed E-state index contributed by atoms with van der Waals surface area (Å²) in [5.74, 6) is 0.348. The summed E-state index contributed by atoms with van der Waals surface area (Å²) < 4.78 is 5.39. The number of nitrogens with two attached hydrogens (primary N) is 1. The van der Waals surface area contributed by atoms with Crippen LogP contribution in [0.3, 0.4) is 0 Å². The number of likely N-dealkylation sites (N-methyl/N-ethyl adjacent to an activating group) is 1. The van der Waals surface area contributed by atoms with E-state index in [9.17, 15) is 4.79 Å². The van der Waals surface area contributed by atoms with E-state index in [0.717, 1.165) is 31.6 Å². The molecule has 1 atom stereocenters. The monoisotopic (exact) mass is 308 g/mol. The first-order valence-corrected chi connectivity index (χ1v) is 8.53. The fourth-order valence-electron chi connectivity index (χ4n) is 2.65. The van der Waals surface area contributed by atoms with Crippen LogP contribution in [0.25, 0.3) is 0 Å². The lowest BCUT2D eigenvalue weighted by atomic mass is 9.91. The van der Waals surface area contributed by atoms with Crippen LogP contribution in [0, 0.1) is 0 Å². The van der Waals surface area contributed by atoms with Crippen molar-refractivity contribution in [3.8, 4) is 0 Å². The van der Waals surface area contributed by atoms with Crippen LogP contribution in [0.2, 0.25) is 0 Å². The highest BCUT2D eigenvalue weighted by atomic mass is 32.2. The van der Waals surface area contributed by atoms with Crippen molar-refractivity contribution in [3.05, 3.63) is 35.9 Å². The number of primary amides is 1. The Kier molecular flexibility index (Phi) is 6.08. The first-order chi connectivity index (χ1) is 10.2. The SMILES string of the molecule is CCNC(CSC1CCOCC1)(C(N)=O)c1ccccc1. The molecule has 4 nitrogen and oxygen atoms in total. The molecule has 116 valence electrons. The number of carbonyl (C=O) groups excluding carboxylic acids is 1. The van der Waals surface area contributed by atoms with Crippen molar-refractivity contribution < 1.29 is 9.53 Å². The molecule has 21 heavy (non-hydrogen) atoms. The van der Waals surface area contributed by atoms with Gasteiger partial charge >= 0.3 is 0 Å². The van der Waals surface area contributed by atoms with Crippen molar-refractivity contribution in [1.82, 2.24) is 5.32 Å². The zero-order valence-corrected chi connectivity index (χ0v) is 13.3. The van der Waals surface area contributed by atoms with Crippen molar-refractivity contribution in [2.24, 2.45) is 5.73 Å². The van der Waals surface area contributed by atoms with Gasteiger partial charge in [0.1, 0.15) is 5.54 Å². The molecule has 0 aliphatic carbocycles. The molecule has 2 rings (SSSR count). The maximum Gasteiger partial charge on any atom is 0.243 e. The highest BCUT2D eigenvalue weighted by molar-refractivity contribution is 8.00. The van der Waals surface area contributed by atoms with Crippen LogP contribution in [-0.2, 0) is 15.1 Å². The van der Waals surface area contributed by atoms with Crippen LogP contribution in [0.15, 0.2) is 30.3 Å². The Labute approximate surface area is 130 Å². The molecule has 0 saturated carbocycles. The standard InChI is InChI=1S/C16H24N2O2S/c1-2-18-16(15(17)19,13-6-4-3-5-7-13)12-21-14-8-10-20-11-9-14/h3-7,14,18H,2,8-12H2,1H3,(H2,17,19). The number of amides is 1. The third-order valence-electron chi connectivity index (χ3n) is 3.87. The van der Waals surface area contributed by atoms with Gasteiger partial charge in [-0.2, -0.15) is 11.8 Å². The van der Waals surface area contributed by atoms with Crippen LogP contribution in [0.4, 0.5) is 0 Å². The zero-order chi connectivity index (χ0) is 15.1. The summed E-state index contributed by atoms with van der Waals surface area (Å²) in [6, 6.07) is 9.79. The van der Waals surface area contributed by atoms with E-state index in [-0.39, 0.29) is 5.91 Å². The molecule has 3 N–H and O–H groups in total. The van der Waals surface area contributed by atoms with Gasteiger partial charge in [0, 0.05) is 24.2 Å². The van der Waals surface area contributed by atoms with E-state index in [1.54, 1.807) is 0 Å². The third-order valence-corrected chi connectivity index (χ3v) is 5.41. The van der Waals surface area contributed by atoms with Gasteiger partial charge < -0.3 is 10.5 Å². The second-order valence-electron chi connectivity index (χ2n) is 5.29. The Morgan fingerprint density at radius 3 is 2.62 bits per heavy atom. The number of thioether (sulfide) groups is 1. The molecule has 0 radical (unpaired) electrons. The summed E-state index contributed by atoms with van der Waals surface area (Å²) in [7, 11) is 0. The van der Waals surface area contributed by atoms with Crippen LogP contribution >= 0.6 is 11.8 Å². The van der Waals surface area contributed by atoms with E-state index < -0.39 is 5.54 Å². The molecule has 1 unspecified atom stereocenters. The maximum atomic E-state index is 12.2. The van der Waals surface area contributed by atoms with E-state index in [0.29, 0.717) is 17.5 Å². The third kappa shape index (κ3) is 3.99. The molecule has 1 amide bonds. The Morgan fingerprint density at radius 1 is 1.38 bits per heavy atom. The van der Waals surface area contributed by atoms with Crippen molar-refractivity contribution in [2.45, 2.75) is 30.6 Å². The van der Waals surface area contributed by atoms with E-state index in [4.69, 9.17) is 10.5 Å². The van der Waals surface area contributed by atoms with Gasteiger partial charge in [-0.15, -0.1) is 0 Å². The smallest absolute Gasteiger partial charge is 0.243 e. The summed E-state index contributed by atoms with van der Waals surface area (Å²) in [5, 5.41) is 3.87. The average Bonchev–Trinajstić information content (AvgIpc) is 2.53. The molecule has 0 bridgehead atoms. The number of benzene rings is 1. The highest BCUT2D eigenvalue weighted by Gasteiger charge is 2.38. The van der Waals surface area contributed by atoms with Crippen molar-refractivity contribution in [3.63, 3.8) is 0 Å². The van der Waals surface area contributed by atoms with Crippen LogP contribution in [0.5, 0.6) is 0 Å². The fraction of sp³-hybridized carbons (Fsp3) is 0.562. The number of carbonyl (C=O) groups is 1. The van der Waals surface area contributed by atoms with Crippen molar-refractivity contribution >= 4 is 17.7 Å². The minimum atomic E-state index is -0.793. The van der Waals surface area contributed by atoms with Gasteiger partial charge in [0.05, 0.1) is 0 Å². The molecule has 1 aromatic rings. The zero-order valence-electron chi connectivity index (χ0n) is 12.5. The largest absolute Gasteiger partial charge is 0.381 e. The highest BCUT2D eigenvalue weighted by Crippen LogP contribution is 2.31.